The Kier molecular flexibility index (Phi) is 6.53. The van der Waals surface area contributed by atoms with Gasteiger partial charge in [0.2, 0.25) is 5.91 Å². The first-order valence-corrected chi connectivity index (χ1v) is 9.87. The quantitative estimate of drug-likeness (QED) is 0.437. The molecule has 3 aromatic rings. The van der Waals surface area contributed by atoms with E-state index in [9.17, 15) is 14.0 Å². The topological polar surface area (TPSA) is 94.7 Å². The lowest BCUT2D eigenvalue weighted by Gasteiger charge is -2.18. The van der Waals surface area contributed by atoms with Crippen LogP contribution in [0.5, 0.6) is 5.75 Å². The SMILES string of the molecule is COc1cc(N)c(Cl)cc1C(=O)OCc1csc(N(C(C)=O)c2ccccc2F)n1. The number of carbonyl (C=O) groups is 2. The maximum absolute atomic E-state index is 14.1. The number of thiazole rings is 1. The van der Waals surface area contributed by atoms with Crippen LogP contribution >= 0.6 is 22.9 Å². The zero-order chi connectivity index (χ0) is 21.8. The number of esters is 1. The second-order valence-corrected chi connectivity index (χ2v) is 7.32. The highest BCUT2D eigenvalue weighted by Crippen LogP contribution is 2.32. The van der Waals surface area contributed by atoms with Crippen molar-refractivity contribution in [2.75, 3.05) is 17.7 Å². The number of nitrogens with zero attached hydrogens (tertiary/aromatic N) is 2. The van der Waals surface area contributed by atoms with Gasteiger partial charge in [-0.25, -0.2) is 14.2 Å². The van der Waals surface area contributed by atoms with E-state index in [0.717, 1.165) is 16.2 Å². The smallest absolute Gasteiger partial charge is 0.342 e. The first kappa shape index (κ1) is 21.5. The van der Waals surface area contributed by atoms with Crippen molar-refractivity contribution in [2.24, 2.45) is 0 Å². The molecule has 1 heterocycles. The van der Waals surface area contributed by atoms with E-state index in [4.69, 9.17) is 26.8 Å². The van der Waals surface area contributed by atoms with Crippen molar-refractivity contribution in [3.05, 3.63) is 63.9 Å². The number of halogens is 2. The molecule has 0 bridgehead atoms. The maximum atomic E-state index is 14.1. The minimum atomic E-state index is -0.680. The Morgan fingerprint density at radius 1 is 1.30 bits per heavy atom. The predicted octanol–water partition coefficient (Wildman–Crippen LogP) is 4.57. The number of benzene rings is 2. The third-order valence-electron chi connectivity index (χ3n) is 4.03. The van der Waals surface area contributed by atoms with Crippen LogP contribution in [0, 0.1) is 5.82 Å². The van der Waals surface area contributed by atoms with E-state index in [0.29, 0.717) is 5.69 Å². The van der Waals surface area contributed by atoms with Crippen molar-refractivity contribution in [3.8, 4) is 5.75 Å². The van der Waals surface area contributed by atoms with Gasteiger partial charge in [-0.15, -0.1) is 11.3 Å². The van der Waals surface area contributed by atoms with Gasteiger partial charge in [0.25, 0.3) is 0 Å². The summed E-state index contributed by atoms with van der Waals surface area (Å²) in [4.78, 5) is 30.0. The molecular formula is C20H17ClFN3O4S. The number of ether oxygens (including phenoxy) is 2. The van der Waals surface area contributed by atoms with Gasteiger partial charge < -0.3 is 15.2 Å². The molecule has 0 unspecified atom stereocenters. The molecule has 3 rings (SSSR count). The second kappa shape index (κ2) is 9.10. The molecule has 0 atom stereocenters. The summed E-state index contributed by atoms with van der Waals surface area (Å²) in [7, 11) is 1.39. The second-order valence-electron chi connectivity index (χ2n) is 6.08. The lowest BCUT2D eigenvalue weighted by Crippen LogP contribution is -2.23. The Labute approximate surface area is 180 Å². The predicted molar refractivity (Wildman–Crippen MR) is 113 cm³/mol. The molecule has 0 saturated heterocycles. The first-order chi connectivity index (χ1) is 14.3. The van der Waals surface area contributed by atoms with E-state index in [1.807, 2.05) is 0 Å². The molecule has 0 spiro atoms. The van der Waals surface area contributed by atoms with Crippen LogP contribution in [0.15, 0.2) is 41.8 Å². The Balaban J connectivity index is 1.77. The standard InChI is InChI=1S/C20H17ClFN3O4S/c1-11(26)25(17-6-4-3-5-15(17)22)20-24-12(10-30-20)9-29-19(27)13-7-14(21)16(23)8-18(13)28-2/h3-8,10H,9,23H2,1-2H3. The third-order valence-corrected chi connectivity index (χ3v) is 5.23. The Bertz CT molecular complexity index is 1110. The molecule has 0 aliphatic heterocycles. The van der Waals surface area contributed by atoms with Crippen LogP contribution in [0.1, 0.15) is 23.0 Å². The molecule has 30 heavy (non-hydrogen) atoms. The van der Waals surface area contributed by atoms with Crippen LogP contribution in [-0.4, -0.2) is 24.0 Å². The van der Waals surface area contributed by atoms with Crippen LogP contribution in [0.2, 0.25) is 5.02 Å². The molecule has 2 aromatic carbocycles. The number of methoxy groups -OCH3 is 1. The molecule has 0 aliphatic carbocycles. The fourth-order valence-corrected chi connectivity index (χ4v) is 3.65. The van der Waals surface area contributed by atoms with Gasteiger partial charge in [-0.1, -0.05) is 23.7 Å². The van der Waals surface area contributed by atoms with E-state index in [1.165, 1.54) is 44.4 Å². The highest BCUT2D eigenvalue weighted by molar-refractivity contribution is 7.14. The van der Waals surface area contributed by atoms with Gasteiger partial charge in [-0.05, 0) is 18.2 Å². The van der Waals surface area contributed by atoms with Gasteiger partial charge in [0, 0.05) is 18.4 Å². The van der Waals surface area contributed by atoms with Crippen LogP contribution in [0.3, 0.4) is 0 Å². The molecule has 2 N–H and O–H groups in total. The molecule has 0 fully saturated rings. The fraction of sp³-hybridized carbons (Fsp3) is 0.150. The number of hydrogen-bond acceptors (Lipinski definition) is 7. The molecule has 1 aromatic heterocycles. The van der Waals surface area contributed by atoms with Crippen molar-refractivity contribution in [1.29, 1.82) is 0 Å². The number of nitrogens with two attached hydrogens (primary N) is 1. The summed E-state index contributed by atoms with van der Waals surface area (Å²) in [6.07, 6.45) is 0. The molecule has 10 heteroatoms. The lowest BCUT2D eigenvalue weighted by molar-refractivity contribution is -0.115. The number of para-hydroxylation sites is 1. The summed E-state index contributed by atoms with van der Waals surface area (Å²) in [6, 6.07) is 8.68. The highest BCUT2D eigenvalue weighted by atomic mass is 35.5. The molecule has 0 radical (unpaired) electrons. The van der Waals surface area contributed by atoms with Gasteiger partial charge in [0.15, 0.2) is 5.13 Å². The summed E-state index contributed by atoms with van der Waals surface area (Å²) in [5.41, 5.74) is 6.58. The molecule has 156 valence electrons. The van der Waals surface area contributed by atoms with Crippen LogP contribution < -0.4 is 15.4 Å². The number of carbonyl (C=O) groups excluding carboxylic acids is 2. The normalized spacial score (nSPS) is 10.5. The molecule has 0 aliphatic rings. The van der Waals surface area contributed by atoms with Gasteiger partial charge in [0.1, 0.15) is 23.7 Å². The van der Waals surface area contributed by atoms with Crippen LogP contribution in [0.25, 0.3) is 0 Å². The molecule has 0 saturated carbocycles. The summed E-state index contributed by atoms with van der Waals surface area (Å²) in [5.74, 6) is -1.41. The molecule has 7 nitrogen and oxygen atoms in total. The zero-order valence-corrected chi connectivity index (χ0v) is 17.6. The van der Waals surface area contributed by atoms with Crippen molar-refractivity contribution < 1.29 is 23.5 Å². The average molecular weight is 450 g/mol. The van der Waals surface area contributed by atoms with Crippen molar-refractivity contribution >= 4 is 51.3 Å². The Hall–Kier alpha value is -3.17. The van der Waals surface area contributed by atoms with E-state index >= 15 is 0 Å². The minimum Gasteiger partial charge on any atom is -0.496 e. The molecular weight excluding hydrogens is 433 g/mol. The summed E-state index contributed by atoms with van der Waals surface area (Å²) >= 11 is 7.10. The monoisotopic (exact) mass is 449 g/mol. The van der Waals surface area contributed by atoms with Crippen LogP contribution in [-0.2, 0) is 16.1 Å². The minimum absolute atomic E-state index is 0.0872. The maximum Gasteiger partial charge on any atom is 0.342 e. The number of hydrogen-bond donors (Lipinski definition) is 1. The number of anilines is 3. The Morgan fingerprint density at radius 3 is 2.70 bits per heavy atom. The number of aromatic nitrogens is 1. The zero-order valence-electron chi connectivity index (χ0n) is 16.0. The van der Waals surface area contributed by atoms with E-state index in [2.05, 4.69) is 4.98 Å². The summed E-state index contributed by atoms with van der Waals surface area (Å²) in [5, 5.41) is 2.07. The van der Waals surface area contributed by atoms with Gasteiger partial charge in [0.05, 0.1) is 29.2 Å². The highest BCUT2D eigenvalue weighted by Gasteiger charge is 2.22. The van der Waals surface area contributed by atoms with Crippen molar-refractivity contribution in [2.45, 2.75) is 13.5 Å². The number of rotatable bonds is 6. The van der Waals surface area contributed by atoms with E-state index in [-0.39, 0.29) is 39.4 Å². The number of amides is 1. The number of nitrogen functional groups attached to an aromatic ring is 1. The van der Waals surface area contributed by atoms with Gasteiger partial charge in [-0.3, -0.25) is 9.69 Å². The van der Waals surface area contributed by atoms with Crippen molar-refractivity contribution in [1.82, 2.24) is 4.98 Å². The molecule has 1 amide bonds. The fourth-order valence-electron chi connectivity index (χ4n) is 2.62. The summed E-state index contributed by atoms with van der Waals surface area (Å²) < 4.78 is 24.6. The van der Waals surface area contributed by atoms with Gasteiger partial charge >= 0.3 is 5.97 Å². The Morgan fingerprint density at radius 2 is 2.03 bits per heavy atom. The third kappa shape index (κ3) is 4.52. The lowest BCUT2D eigenvalue weighted by atomic mass is 10.2. The van der Waals surface area contributed by atoms with E-state index < -0.39 is 17.7 Å². The first-order valence-electron chi connectivity index (χ1n) is 8.61. The average Bonchev–Trinajstić information content (AvgIpc) is 3.17. The largest absolute Gasteiger partial charge is 0.496 e. The summed E-state index contributed by atoms with van der Waals surface area (Å²) in [6.45, 7) is 1.15. The van der Waals surface area contributed by atoms with Crippen LogP contribution in [0.4, 0.5) is 20.9 Å². The van der Waals surface area contributed by atoms with Gasteiger partial charge in [-0.2, -0.15) is 0 Å². The van der Waals surface area contributed by atoms with Crippen molar-refractivity contribution in [3.63, 3.8) is 0 Å². The van der Waals surface area contributed by atoms with E-state index in [1.54, 1.807) is 11.4 Å².